The molecule has 0 spiro atoms. The Labute approximate surface area is 166 Å². The van der Waals surface area contributed by atoms with Gasteiger partial charge in [0.05, 0.1) is 15.8 Å². The smallest absolute Gasteiger partial charge is 0.280 e. The van der Waals surface area contributed by atoms with Gasteiger partial charge in [-0.3, -0.25) is 4.79 Å². The largest absolute Gasteiger partial charge is 0.316 e. The van der Waals surface area contributed by atoms with Crippen LogP contribution in [0.2, 0.25) is 0 Å². The third-order valence-electron chi connectivity index (χ3n) is 4.21. The van der Waals surface area contributed by atoms with Crippen LogP contribution >= 0.6 is 34.9 Å². The molecule has 0 aliphatic heterocycles. The zero-order chi connectivity index (χ0) is 18.5. The fourth-order valence-corrected chi connectivity index (χ4v) is 4.86. The van der Waals surface area contributed by atoms with E-state index in [1.54, 1.807) is 34.9 Å². The van der Waals surface area contributed by atoms with E-state index in [9.17, 15) is 4.79 Å². The summed E-state index contributed by atoms with van der Waals surface area (Å²) in [4.78, 5) is 19.1. The zero-order valence-corrected chi connectivity index (χ0v) is 17.6. The van der Waals surface area contributed by atoms with Crippen molar-refractivity contribution in [2.75, 3.05) is 18.3 Å². The van der Waals surface area contributed by atoms with Crippen LogP contribution in [0, 0.1) is 0 Å². The number of carbonyl (C=O) groups excluding carboxylic acids is 1. The number of thiazole rings is 1. The minimum absolute atomic E-state index is 0.171. The molecule has 0 aliphatic carbocycles. The highest BCUT2D eigenvalue weighted by Crippen LogP contribution is 2.22. The molecule has 0 aliphatic rings. The topological polar surface area (TPSA) is 34.4 Å². The van der Waals surface area contributed by atoms with E-state index < -0.39 is 0 Å². The third kappa shape index (κ3) is 4.08. The maximum Gasteiger partial charge on any atom is 0.280 e. The molecule has 3 aromatic rings. The second-order valence-electron chi connectivity index (χ2n) is 5.80. The number of hydrogen-bond donors (Lipinski definition) is 0. The van der Waals surface area contributed by atoms with E-state index in [2.05, 4.69) is 40.9 Å². The van der Waals surface area contributed by atoms with Crippen molar-refractivity contribution in [3.8, 4) is 0 Å². The number of aryl methyl sites for hydroxylation is 2. The van der Waals surface area contributed by atoms with Crippen molar-refractivity contribution in [1.29, 1.82) is 0 Å². The quantitative estimate of drug-likeness (QED) is 0.539. The first-order valence-electron chi connectivity index (χ1n) is 8.51. The van der Waals surface area contributed by atoms with Crippen LogP contribution in [0.5, 0.6) is 0 Å². The average Bonchev–Trinajstić information content (AvgIpc) is 3.02. The Bertz CT molecular complexity index is 988. The Hall–Kier alpha value is -1.50. The van der Waals surface area contributed by atoms with E-state index in [-0.39, 0.29) is 5.91 Å². The van der Waals surface area contributed by atoms with Crippen LogP contribution in [0.4, 0.5) is 0 Å². The summed E-state index contributed by atoms with van der Waals surface area (Å²) in [5.41, 5.74) is 3.13. The first kappa shape index (κ1) is 19.3. The van der Waals surface area contributed by atoms with Gasteiger partial charge in [0.15, 0.2) is 4.80 Å². The van der Waals surface area contributed by atoms with E-state index in [0.717, 1.165) is 33.9 Å². The first-order valence-corrected chi connectivity index (χ1v) is 11.9. The Morgan fingerprint density at radius 2 is 2.00 bits per heavy atom. The van der Waals surface area contributed by atoms with E-state index in [0.29, 0.717) is 5.56 Å². The highest BCUT2D eigenvalue weighted by atomic mass is 32.2. The lowest BCUT2D eigenvalue weighted by molar-refractivity contribution is 0.0995. The van der Waals surface area contributed by atoms with E-state index in [4.69, 9.17) is 0 Å². The van der Waals surface area contributed by atoms with Gasteiger partial charge in [-0.25, -0.2) is 0 Å². The summed E-state index contributed by atoms with van der Waals surface area (Å²) in [7, 11) is 0. The van der Waals surface area contributed by atoms with E-state index in [1.165, 1.54) is 10.3 Å². The lowest BCUT2D eigenvalue weighted by Gasteiger charge is -2.05. The molecule has 0 saturated carbocycles. The minimum atomic E-state index is -0.171. The molecule has 3 rings (SSSR count). The molecule has 6 heteroatoms. The van der Waals surface area contributed by atoms with Gasteiger partial charge in [0.2, 0.25) is 0 Å². The predicted octanol–water partition coefficient (Wildman–Crippen LogP) is 5.09. The third-order valence-corrected chi connectivity index (χ3v) is 6.64. The Balaban J connectivity index is 2.12. The molecule has 1 heterocycles. The molecule has 0 atom stereocenters. The van der Waals surface area contributed by atoms with Gasteiger partial charge in [-0.05, 0) is 48.8 Å². The van der Waals surface area contributed by atoms with Gasteiger partial charge in [0.25, 0.3) is 5.91 Å². The maximum atomic E-state index is 12.8. The van der Waals surface area contributed by atoms with Gasteiger partial charge >= 0.3 is 0 Å². The molecule has 0 fully saturated rings. The maximum absolute atomic E-state index is 12.8. The SMILES string of the molecule is CCc1ccc2c(c1)sc(=NC(=O)c1ccccc1SC)n2CCSC. The van der Waals surface area contributed by atoms with Crippen molar-refractivity contribution in [2.45, 2.75) is 24.8 Å². The van der Waals surface area contributed by atoms with Crippen LogP contribution in [0.3, 0.4) is 0 Å². The normalized spacial score (nSPS) is 12.0. The molecule has 2 aromatic carbocycles. The molecule has 26 heavy (non-hydrogen) atoms. The summed E-state index contributed by atoms with van der Waals surface area (Å²) in [6.45, 7) is 3.01. The van der Waals surface area contributed by atoms with Crippen LogP contribution < -0.4 is 4.80 Å². The standard InChI is InChI=1S/C20H22N2OS3/c1-4-14-9-10-16-18(13-14)26-20(22(16)11-12-24-2)21-19(23)15-7-5-6-8-17(15)25-3/h5-10,13H,4,11-12H2,1-3H3. The number of aromatic nitrogens is 1. The lowest BCUT2D eigenvalue weighted by atomic mass is 10.2. The fraction of sp³-hybridized carbons (Fsp3) is 0.300. The van der Waals surface area contributed by atoms with Gasteiger partial charge in [0, 0.05) is 17.2 Å². The van der Waals surface area contributed by atoms with Crippen molar-refractivity contribution in [3.05, 3.63) is 58.4 Å². The molecule has 0 saturated heterocycles. The van der Waals surface area contributed by atoms with Crippen molar-refractivity contribution in [3.63, 3.8) is 0 Å². The fourth-order valence-electron chi connectivity index (χ4n) is 2.79. The number of amides is 1. The molecule has 1 amide bonds. The van der Waals surface area contributed by atoms with Gasteiger partial charge < -0.3 is 4.57 Å². The van der Waals surface area contributed by atoms with Gasteiger partial charge in [-0.1, -0.05) is 36.5 Å². The summed E-state index contributed by atoms with van der Waals surface area (Å²) < 4.78 is 3.37. The number of rotatable bonds is 6. The summed E-state index contributed by atoms with van der Waals surface area (Å²) in [5.74, 6) is 0.819. The zero-order valence-electron chi connectivity index (χ0n) is 15.2. The number of benzene rings is 2. The number of nitrogens with zero attached hydrogens (tertiary/aromatic N) is 2. The molecule has 3 nitrogen and oxygen atoms in total. The summed E-state index contributed by atoms with van der Waals surface area (Å²) >= 11 is 4.97. The van der Waals surface area contributed by atoms with Crippen molar-refractivity contribution >= 4 is 51.0 Å². The van der Waals surface area contributed by atoms with Gasteiger partial charge in [-0.2, -0.15) is 16.8 Å². The second kappa shape index (κ2) is 8.93. The molecule has 0 unspecified atom stereocenters. The monoisotopic (exact) mass is 402 g/mol. The van der Waals surface area contributed by atoms with Crippen LogP contribution in [-0.2, 0) is 13.0 Å². The van der Waals surface area contributed by atoms with Crippen molar-refractivity contribution in [1.82, 2.24) is 4.57 Å². The van der Waals surface area contributed by atoms with Crippen LogP contribution in [-0.4, -0.2) is 28.7 Å². The highest BCUT2D eigenvalue weighted by Gasteiger charge is 2.12. The number of thioether (sulfide) groups is 2. The first-order chi connectivity index (χ1) is 12.7. The average molecular weight is 403 g/mol. The molecular formula is C20H22N2OS3. The Morgan fingerprint density at radius 1 is 1.19 bits per heavy atom. The van der Waals surface area contributed by atoms with Crippen molar-refractivity contribution in [2.24, 2.45) is 4.99 Å². The van der Waals surface area contributed by atoms with Crippen LogP contribution in [0.1, 0.15) is 22.8 Å². The van der Waals surface area contributed by atoms with Gasteiger partial charge in [0.1, 0.15) is 0 Å². The lowest BCUT2D eigenvalue weighted by Crippen LogP contribution is -2.18. The number of hydrogen-bond acceptors (Lipinski definition) is 4. The molecule has 136 valence electrons. The summed E-state index contributed by atoms with van der Waals surface area (Å²) in [6, 6.07) is 14.2. The van der Waals surface area contributed by atoms with Crippen LogP contribution in [0.15, 0.2) is 52.4 Å². The molecule has 0 N–H and O–H groups in total. The number of carbonyl (C=O) groups is 1. The minimum Gasteiger partial charge on any atom is -0.316 e. The summed E-state index contributed by atoms with van der Waals surface area (Å²) in [6.07, 6.45) is 5.09. The molecular weight excluding hydrogens is 380 g/mol. The molecule has 1 aromatic heterocycles. The second-order valence-corrected chi connectivity index (χ2v) is 8.64. The summed E-state index contributed by atoms with van der Waals surface area (Å²) in [5, 5.41) is 0. The van der Waals surface area contributed by atoms with E-state index >= 15 is 0 Å². The van der Waals surface area contributed by atoms with Gasteiger partial charge in [-0.15, -0.1) is 11.8 Å². The molecule has 0 bridgehead atoms. The van der Waals surface area contributed by atoms with Crippen molar-refractivity contribution < 1.29 is 4.79 Å². The predicted molar refractivity (Wildman–Crippen MR) is 116 cm³/mol. The Kier molecular flexibility index (Phi) is 6.62. The van der Waals surface area contributed by atoms with E-state index in [1.807, 2.05) is 30.5 Å². The van der Waals surface area contributed by atoms with Crippen LogP contribution in [0.25, 0.3) is 10.2 Å². The Morgan fingerprint density at radius 3 is 2.73 bits per heavy atom. The highest BCUT2D eigenvalue weighted by molar-refractivity contribution is 7.98. The number of fused-ring (bicyclic) bond motifs is 1. The molecule has 0 radical (unpaired) electrons.